The number of benzene rings is 1. The van der Waals surface area contributed by atoms with Gasteiger partial charge in [-0.2, -0.15) is 10.1 Å². The van der Waals surface area contributed by atoms with E-state index in [1.807, 2.05) is 43.0 Å². The Morgan fingerprint density at radius 2 is 2.20 bits per heavy atom. The van der Waals surface area contributed by atoms with E-state index in [4.69, 9.17) is 4.52 Å². The fourth-order valence-corrected chi connectivity index (χ4v) is 3.32. The van der Waals surface area contributed by atoms with E-state index in [9.17, 15) is 4.79 Å². The molecule has 0 aliphatic carbocycles. The van der Waals surface area contributed by atoms with Crippen molar-refractivity contribution in [2.75, 3.05) is 6.54 Å². The van der Waals surface area contributed by atoms with Crippen molar-refractivity contribution in [3.05, 3.63) is 42.2 Å². The van der Waals surface area contributed by atoms with Crippen LogP contribution in [0.2, 0.25) is 0 Å². The molecule has 0 radical (unpaired) electrons. The molecule has 1 atom stereocenters. The van der Waals surface area contributed by atoms with Crippen molar-refractivity contribution < 1.29 is 9.32 Å². The van der Waals surface area contributed by atoms with Gasteiger partial charge in [0, 0.05) is 17.8 Å². The van der Waals surface area contributed by atoms with Crippen molar-refractivity contribution in [3.63, 3.8) is 0 Å². The Hall–Kier alpha value is -2.70. The third-order valence-corrected chi connectivity index (χ3v) is 4.66. The lowest BCUT2D eigenvalue weighted by molar-refractivity contribution is -0.133. The van der Waals surface area contributed by atoms with E-state index >= 15 is 0 Å². The second-order valence-electron chi connectivity index (χ2n) is 6.75. The summed E-state index contributed by atoms with van der Waals surface area (Å²) in [7, 11) is 0. The molecule has 0 unspecified atom stereocenters. The van der Waals surface area contributed by atoms with Gasteiger partial charge in [-0.15, -0.1) is 0 Å². The molecular formula is C18H21N5O2. The zero-order valence-electron chi connectivity index (χ0n) is 14.4. The quantitative estimate of drug-likeness (QED) is 0.730. The smallest absolute Gasteiger partial charge is 0.244 e. The van der Waals surface area contributed by atoms with Crippen molar-refractivity contribution in [2.24, 2.45) is 0 Å². The van der Waals surface area contributed by atoms with Gasteiger partial charge in [0.25, 0.3) is 0 Å². The summed E-state index contributed by atoms with van der Waals surface area (Å²) in [5.74, 6) is 1.45. The average Bonchev–Trinajstić information content (AvgIpc) is 3.34. The Balaban J connectivity index is 1.54. The van der Waals surface area contributed by atoms with Gasteiger partial charge in [-0.3, -0.25) is 9.48 Å². The number of likely N-dealkylation sites (tertiary alicyclic amines) is 1. The highest BCUT2D eigenvalue weighted by molar-refractivity contribution is 5.82. The molecule has 4 rings (SSSR count). The van der Waals surface area contributed by atoms with E-state index in [-0.39, 0.29) is 24.4 Å². The van der Waals surface area contributed by atoms with Crippen LogP contribution in [0.4, 0.5) is 0 Å². The number of para-hydroxylation sites is 1. The third-order valence-electron chi connectivity index (χ3n) is 4.66. The van der Waals surface area contributed by atoms with Gasteiger partial charge in [0.15, 0.2) is 5.82 Å². The minimum absolute atomic E-state index is 0.0345. The van der Waals surface area contributed by atoms with Crippen LogP contribution in [0, 0.1) is 0 Å². The minimum Gasteiger partial charge on any atom is -0.339 e. The van der Waals surface area contributed by atoms with Gasteiger partial charge in [-0.25, -0.2) is 0 Å². The highest BCUT2D eigenvalue weighted by Gasteiger charge is 2.33. The first-order valence-electron chi connectivity index (χ1n) is 8.67. The molecule has 1 fully saturated rings. The first-order valence-corrected chi connectivity index (χ1v) is 8.67. The predicted octanol–water partition coefficient (Wildman–Crippen LogP) is 2.91. The third kappa shape index (κ3) is 2.90. The van der Waals surface area contributed by atoms with Gasteiger partial charge in [-0.05, 0) is 18.9 Å². The highest BCUT2D eigenvalue weighted by atomic mass is 16.5. The van der Waals surface area contributed by atoms with Crippen LogP contribution in [-0.4, -0.2) is 37.3 Å². The lowest BCUT2D eigenvalue weighted by atomic mass is 10.2. The van der Waals surface area contributed by atoms with E-state index < -0.39 is 0 Å². The maximum absolute atomic E-state index is 12.9. The molecule has 1 amide bonds. The van der Waals surface area contributed by atoms with Crippen LogP contribution in [0.15, 0.2) is 35.0 Å². The summed E-state index contributed by atoms with van der Waals surface area (Å²) in [5, 5.41) is 9.48. The molecule has 7 heteroatoms. The van der Waals surface area contributed by atoms with Gasteiger partial charge in [0.2, 0.25) is 11.8 Å². The SMILES string of the molecule is CC(C)c1nc([C@@H]2CCCN2C(=O)Cn2ncc3ccccc32)no1. The first-order chi connectivity index (χ1) is 12.1. The lowest BCUT2D eigenvalue weighted by Crippen LogP contribution is -2.34. The molecule has 25 heavy (non-hydrogen) atoms. The van der Waals surface area contributed by atoms with Crippen LogP contribution in [0.5, 0.6) is 0 Å². The van der Waals surface area contributed by atoms with E-state index in [0.717, 1.165) is 23.7 Å². The number of carbonyl (C=O) groups excluding carboxylic acids is 1. The highest BCUT2D eigenvalue weighted by Crippen LogP contribution is 2.31. The zero-order chi connectivity index (χ0) is 17.4. The molecule has 1 saturated heterocycles. The van der Waals surface area contributed by atoms with E-state index in [1.54, 1.807) is 10.9 Å². The molecule has 130 valence electrons. The van der Waals surface area contributed by atoms with Crippen molar-refractivity contribution in [2.45, 2.75) is 45.2 Å². The maximum Gasteiger partial charge on any atom is 0.244 e. The minimum atomic E-state index is -0.106. The molecule has 3 heterocycles. The monoisotopic (exact) mass is 339 g/mol. The zero-order valence-corrected chi connectivity index (χ0v) is 14.4. The lowest BCUT2D eigenvalue weighted by Gasteiger charge is -2.22. The van der Waals surface area contributed by atoms with E-state index in [1.165, 1.54) is 0 Å². The van der Waals surface area contributed by atoms with Gasteiger partial charge in [0.05, 0.1) is 17.8 Å². The molecule has 0 N–H and O–H groups in total. The van der Waals surface area contributed by atoms with Crippen LogP contribution in [0.3, 0.4) is 0 Å². The summed E-state index contributed by atoms with van der Waals surface area (Å²) in [5.41, 5.74) is 0.966. The molecule has 2 aromatic heterocycles. The fourth-order valence-electron chi connectivity index (χ4n) is 3.32. The summed E-state index contributed by atoms with van der Waals surface area (Å²) >= 11 is 0. The Morgan fingerprint density at radius 3 is 3.00 bits per heavy atom. The number of nitrogens with zero attached hydrogens (tertiary/aromatic N) is 5. The largest absolute Gasteiger partial charge is 0.339 e. The van der Waals surface area contributed by atoms with Gasteiger partial charge in [-0.1, -0.05) is 37.2 Å². The van der Waals surface area contributed by atoms with Crippen molar-refractivity contribution in [1.29, 1.82) is 0 Å². The summed E-state index contributed by atoms with van der Waals surface area (Å²) in [6.45, 7) is 4.96. The summed E-state index contributed by atoms with van der Waals surface area (Å²) in [6.07, 6.45) is 3.60. The molecule has 1 aromatic carbocycles. The molecule has 1 aliphatic rings. The number of rotatable bonds is 4. The number of aromatic nitrogens is 4. The Labute approximate surface area is 145 Å². The first kappa shape index (κ1) is 15.8. The van der Waals surface area contributed by atoms with Crippen LogP contribution >= 0.6 is 0 Å². The topological polar surface area (TPSA) is 77.1 Å². The molecule has 0 saturated carbocycles. The van der Waals surface area contributed by atoms with Gasteiger partial charge >= 0.3 is 0 Å². The summed E-state index contributed by atoms with van der Waals surface area (Å²) in [4.78, 5) is 19.2. The second kappa shape index (κ2) is 6.31. The van der Waals surface area contributed by atoms with Crippen molar-refractivity contribution in [1.82, 2.24) is 24.8 Å². The molecule has 0 spiro atoms. The summed E-state index contributed by atoms with van der Waals surface area (Å²) < 4.78 is 7.07. The molecule has 3 aromatic rings. The number of carbonyl (C=O) groups is 1. The molecule has 1 aliphatic heterocycles. The normalized spacial score (nSPS) is 17.7. The molecule has 7 nitrogen and oxygen atoms in total. The van der Waals surface area contributed by atoms with Crippen LogP contribution in [0.25, 0.3) is 10.9 Å². The number of amides is 1. The fraction of sp³-hybridized carbons (Fsp3) is 0.444. The number of hydrogen-bond donors (Lipinski definition) is 0. The van der Waals surface area contributed by atoms with Gasteiger partial charge < -0.3 is 9.42 Å². The van der Waals surface area contributed by atoms with Gasteiger partial charge in [0.1, 0.15) is 6.54 Å². The number of fused-ring (bicyclic) bond motifs is 1. The average molecular weight is 339 g/mol. The summed E-state index contributed by atoms with van der Waals surface area (Å²) in [6, 6.07) is 7.79. The van der Waals surface area contributed by atoms with Crippen molar-refractivity contribution in [3.8, 4) is 0 Å². The Morgan fingerprint density at radius 1 is 1.36 bits per heavy atom. The van der Waals surface area contributed by atoms with Crippen LogP contribution < -0.4 is 0 Å². The Kier molecular flexibility index (Phi) is 3.99. The predicted molar refractivity (Wildman–Crippen MR) is 91.8 cm³/mol. The molecular weight excluding hydrogens is 318 g/mol. The van der Waals surface area contributed by atoms with Crippen molar-refractivity contribution >= 4 is 16.8 Å². The van der Waals surface area contributed by atoms with Crippen LogP contribution in [0.1, 0.15) is 50.4 Å². The number of hydrogen-bond acceptors (Lipinski definition) is 5. The molecule has 0 bridgehead atoms. The van der Waals surface area contributed by atoms with Crippen LogP contribution in [-0.2, 0) is 11.3 Å². The maximum atomic E-state index is 12.9. The second-order valence-corrected chi connectivity index (χ2v) is 6.75. The Bertz CT molecular complexity index is 898. The standard InChI is InChI=1S/C18H21N5O2/c1-12(2)18-20-17(21-25-18)15-8-5-9-22(15)16(24)11-23-14-7-4-3-6-13(14)10-19-23/h3-4,6-7,10,12,15H,5,8-9,11H2,1-2H3/t15-/m0/s1. The van der Waals surface area contributed by atoms with E-state index in [0.29, 0.717) is 18.3 Å². The van der Waals surface area contributed by atoms with E-state index in [2.05, 4.69) is 15.2 Å².